The number of hydrogen-bond donors (Lipinski definition) is 6. The van der Waals surface area contributed by atoms with Crippen LogP contribution in [0, 0.1) is 46.3 Å². The van der Waals surface area contributed by atoms with Crippen molar-refractivity contribution >= 4 is 17.8 Å². The van der Waals surface area contributed by atoms with Crippen molar-refractivity contribution < 1.29 is 39.9 Å². The lowest BCUT2D eigenvalue weighted by Crippen LogP contribution is -2.64. The third kappa shape index (κ3) is 5.22. The summed E-state index contributed by atoms with van der Waals surface area (Å²) in [4.78, 5) is 34.8. The molecule has 4 aliphatic carbocycles. The molecule has 4 fully saturated rings. The molecule has 4 aliphatic rings. The molecule has 4 rings (SSSR count). The minimum Gasteiger partial charge on any atom is -0.481 e. The lowest BCUT2D eigenvalue weighted by atomic mass is 9.43. The van der Waals surface area contributed by atoms with Gasteiger partial charge in [-0.05, 0) is 104 Å². The first kappa shape index (κ1) is 29.3. The summed E-state index contributed by atoms with van der Waals surface area (Å²) in [6.45, 7) is 6.75. The van der Waals surface area contributed by atoms with Crippen molar-refractivity contribution in [3.63, 3.8) is 0 Å². The summed E-state index contributed by atoms with van der Waals surface area (Å²) in [7, 11) is 0. The van der Waals surface area contributed by atoms with Crippen LogP contribution < -0.4 is 5.32 Å². The highest BCUT2D eigenvalue weighted by molar-refractivity contribution is 5.83. The van der Waals surface area contributed by atoms with Crippen LogP contribution in [0.25, 0.3) is 0 Å². The number of carbonyl (C=O) groups is 3. The maximum Gasteiger partial charge on any atom is 0.326 e. The molecule has 0 heterocycles. The summed E-state index contributed by atoms with van der Waals surface area (Å²) in [5, 5.41) is 53.6. The molecule has 216 valence electrons. The van der Waals surface area contributed by atoms with E-state index in [1.165, 1.54) is 0 Å². The molecule has 0 aromatic heterocycles. The number of aliphatic carboxylic acids is 2. The van der Waals surface area contributed by atoms with Gasteiger partial charge in [-0.15, -0.1) is 0 Å². The second kappa shape index (κ2) is 11.0. The predicted octanol–water partition coefficient (Wildman–Crippen LogP) is 2.80. The van der Waals surface area contributed by atoms with Crippen molar-refractivity contribution in [3.05, 3.63) is 0 Å². The number of amides is 1. The maximum absolute atomic E-state index is 12.5. The van der Waals surface area contributed by atoms with Crippen LogP contribution in [0.15, 0.2) is 0 Å². The Labute approximate surface area is 225 Å². The zero-order valence-corrected chi connectivity index (χ0v) is 23.0. The number of fused-ring (bicyclic) bond motifs is 5. The van der Waals surface area contributed by atoms with Gasteiger partial charge in [-0.2, -0.15) is 0 Å². The molecule has 6 N–H and O–H groups in total. The first-order chi connectivity index (χ1) is 17.8. The summed E-state index contributed by atoms with van der Waals surface area (Å²) in [5.74, 6) is -1.52. The van der Waals surface area contributed by atoms with Gasteiger partial charge in [-0.1, -0.05) is 20.8 Å². The number of rotatable bonds is 9. The number of aliphatic hydroxyl groups is 3. The summed E-state index contributed by atoms with van der Waals surface area (Å²) in [6.07, 6.45) is 4.55. The van der Waals surface area contributed by atoms with Crippen molar-refractivity contribution in [2.75, 3.05) is 0 Å². The smallest absolute Gasteiger partial charge is 0.326 e. The molecule has 4 saturated carbocycles. The zero-order chi connectivity index (χ0) is 28.0. The lowest BCUT2D eigenvalue weighted by molar-refractivity contribution is -0.223. The summed E-state index contributed by atoms with van der Waals surface area (Å²) < 4.78 is 0. The van der Waals surface area contributed by atoms with E-state index in [2.05, 4.69) is 26.1 Å². The van der Waals surface area contributed by atoms with Crippen LogP contribution in [0.4, 0.5) is 0 Å². The Morgan fingerprint density at radius 3 is 2.16 bits per heavy atom. The molecule has 1 amide bonds. The molecule has 0 aromatic rings. The zero-order valence-electron chi connectivity index (χ0n) is 23.0. The van der Waals surface area contributed by atoms with Gasteiger partial charge in [-0.25, -0.2) is 4.79 Å². The Bertz CT molecular complexity index is 911. The highest BCUT2D eigenvalue weighted by Gasteiger charge is 2.65. The molecule has 0 spiro atoms. The topological polar surface area (TPSA) is 164 Å². The van der Waals surface area contributed by atoms with E-state index in [-0.39, 0.29) is 53.8 Å². The third-order valence-corrected chi connectivity index (χ3v) is 11.6. The van der Waals surface area contributed by atoms with E-state index >= 15 is 0 Å². The summed E-state index contributed by atoms with van der Waals surface area (Å²) in [5.41, 5.74) is -0.0762. The van der Waals surface area contributed by atoms with Crippen molar-refractivity contribution in [1.29, 1.82) is 0 Å². The second-order valence-electron chi connectivity index (χ2n) is 13.4. The van der Waals surface area contributed by atoms with Crippen LogP contribution in [0.1, 0.15) is 91.4 Å². The predicted molar refractivity (Wildman–Crippen MR) is 139 cm³/mol. The van der Waals surface area contributed by atoms with Crippen molar-refractivity contribution in [1.82, 2.24) is 5.32 Å². The van der Waals surface area contributed by atoms with Crippen molar-refractivity contribution in [2.45, 2.75) is 116 Å². The van der Waals surface area contributed by atoms with Crippen LogP contribution >= 0.6 is 0 Å². The number of nitrogens with one attached hydrogen (secondary N) is 1. The van der Waals surface area contributed by atoms with Gasteiger partial charge in [0.2, 0.25) is 5.91 Å². The molecule has 9 heteroatoms. The largest absolute Gasteiger partial charge is 0.481 e. The average molecular weight is 538 g/mol. The SMILES string of the molecule is C[C@H](CCC(=O)N[C@@H](CCC(=O)O)C(=O)O)[C@H]1CC[C@H]2[C@@H]3[C@@H](O)[C@H](O)[C@@H]4C[C@H](O)CC[C@]4(C)[C@H]3CC[C@]12C. The van der Waals surface area contributed by atoms with E-state index < -0.39 is 36.3 Å². The van der Waals surface area contributed by atoms with Gasteiger partial charge < -0.3 is 30.8 Å². The Hall–Kier alpha value is -1.71. The molecule has 0 bridgehead atoms. The first-order valence-electron chi connectivity index (χ1n) is 14.6. The van der Waals surface area contributed by atoms with Gasteiger partial charge >= 0.3 is 11.9 Å². The van der Waals surface area contributed by atoms with E-state index in [9.17, 15) is 34.8 Å². The minimum atomic E-state index is -1.23. The van der Waals surface area contributed by atoms with Crippen LogP contribution in [0.5, 0.6) is 0 Å². The van der Waals surface area contributed by atoms with Crippen LogP contribution in [0.2, 0.25) is 0 Å². The van der Waals surface area contributed by atoms with E-state index in [1.807, 2.05) is 0 Å². The maximum atomic E-state index is 12.5. The molecule has 0 radical (unpaired) electrons. The molecule has 0 unspecified atom stereocenters. The quantitative estimate of drug-likeness (QED) is 0.261. The summed E-state index contributed by atoms with van der Waals surface area (Å²) in [6, 6.07) is -1.21. The second-order valence-corrected chi connectivity index (χ2v) is 13.4. The van der Waals surface area contributed by atoms with Crippen LogP contribution in [-0.2, 0) is 14.4 Å². The molecular weight excluding hydrogens is 490 g/mol. The minimum absolute atomic E-state index is 0.000222. The van der Waals surface area contributed by atoms with E-state index in [0.29, 0.717) is 30.6 Å². The number of hydrogen-bond acceptors (Lipinski definition) is 6. The molecule has 0 aliphatic heterocycles. The van der Waals surface area contributed by atoms with E-state index in [4.69, 9.17) is 5.11 Å². The first-order valence-corrected chi connectivity index (χ1v) is 14.6. The third-order valence-electron chi connectivity index (χ3n) is 11.6. The molecule has 38 heavy (non-hydrogen) atoms. The van der Waals surface area contributed by atoms with Gasteiger partial charge in [-0.3, -0.25) is 9.59 Å². The number of carboxylic acids is 2. The Kier molecular flexibility index (Phi) is 8.51. The fourth-order valence-electron chi connectivity index (χ4n) is 9.57. The number of aliphatic hydroxyl groups excluding tert-OH is 3. The van der Waals surface area contributed by atoms with E-state index in [0.717, 1.165) is 38.5 Å². The van der Waals surface area contributed by atoms with Gasteiger partial charge in [0.05, 0.1) is 18.3 Å². The van der Waals surface area contributed by atoms with Crippen LogP contribution in [0.3, 0.4) is 0 Å². The molecule has 0 saturated heterocycles. The molecule has 12 atom stereocenters. The number of carbonyl (C=O) groups excluding carboxylic acids is 1. The summed E-state index contributed by atoms with van der Waals surface area (Å²) >= 11 is 0. The lowest BCUT2D eigenvalue weighted by Gasteiger charge is -2.63. The molecular formula is C29H47NO8. The van der Waals surface area contributed by atoms with Gasteiger partial charge in [0.25, 0.3) is 0 Å². The van der Waals surface area contributed by atoms with E-state index in [1.54, 1.807) is 0 Å². The Balaban J connectivity index is 1.41. The highest BCUT2D eigenvalue weighted by atomic mass is 16.4. The standard InChI is InChI=1S/C29H47NO8/c1-15(4-8-22(32)30-21(27(37)38)7-9-23(33)34)17-5-6-18-24-19(11-13-28(17,18)2)29(3)12-10-16(31)14-20(29)25(35)26(24)36/h15-21,24-26,31,35-36H,4-14H2,1-3H3,(H,30,32)(H,33,34)(H,37,38)/t15-,16-,17-,18+,19+,20+,21+,24+,25-,26-,28-,29-/m1/s1. The fraction of sp³-hybridized carbons (Fsp3) is 0.897. The van der Waals surface area contributed by atoms with Crippen LogP contribution in [-0.4, -0.2) is 67.7 Å². The highest BCUT2D eigenvalue weighted by Crippen LogP contribution is 2.68. The van der Waals surface area contributed by atoms with Crippen molar-refractivity contribution in [3.8, 4) is 0 Å². The van der Waals surface area contributed by atoms with Gasteiger partial charge in [0, 0.05) is 12.8 Å². The Morgan fingerprint density at radius 2 is 1.50 bits per heavy atom. The van der Waals surface area contributed by atoms with Crippen molar-refractivity contribution in [2.24, 2.45) is 46.3 Å². The average Bonchev–Trinajstić information content (AvgIpc) is 3.21. The monoisotopic (exact) mass is 537 g/mol. The van der Waals surface area contributed by atoms with Gasteiger partial charge in [0.15, 0.2) is 0 Å². The number of carboxylic acid groups (broad SMARTS) is 2. The normalized spacial score (nSPS) is 43.7. The fourth-order valence-corrected chi connectivity index (χ4v) is 9.57. The molecule has 9 nitrogen and oxygen atoms in total. The van der Waals surface area contributed by atoms with Gasteiger partial charge in [0.1, 0.15) is 6.04 Å². The molecule has 0 aromatic carbocycles. The Morgan fingerprint density at radius 1 is 0.842 bits per heavy atom.